The normalized spacial score (nSPS) is 12.0. The molecule has 2 N–H and O–H groups in total. The molecule has 1 rings (SSSR count). The molecule has 0 aliphatic carbocycles. The molecule has 0 unspecified atom stereocenters. The quantitative estimate of drug-likeness (QED) is 0.604. The minimum absolute atomic E-state index is 0.208. The molecule has 0 aromatic heterocycles. The topological polar surface area (TPSA) is 40.5 Å². The molecule has 0 heterocycles. The molecule has 2 nitrogen and oxygen atoms in total. The molecular formula is C8H6BF5O2. The van der Waals surface area contributed by atoms with E-state index in [-0.39, 0.29) is 6.07 Å². The molecule has 1 aromatic carbocycles. The molecule has 0 fully saturated rings. The van der Waals surface area contributed by atoms with Gasteiger partial charge >= 0.3 is 13.3 Å². The Hall–Kier alpha value is -1.15. The molecule has 0 saturated carbocycles. The summed E-state index contributed by atoms with van der Waals surface area (Å²) in [6.07, 6.45) is -7.96. The zero-order chi connectivity index (χ0) is 12.5. The highest BCUT2D eigenvalue weighted by molar-refractivity contribution is 6.59. The van der Waals surface area contributed by atoms with Crippen molar-refractivity contribution in [2.75, 3.05) is 0 Å². The summed E-state index contributed by atoms with van der Waals surface area (Å²) in [7, 11) is -2.36. The lowest BCUT2D eigenvalue weighted by molar-refractivity contribution is -0.137. The van der Waals surface area contributed by atoms with E-state index in [4.69, 9.17) is 10.0 Å². The Morgan fingerprint density at radius 3 is 2.06 bits per heavy atom. The van der Waals surface area contributed by atoms with Gasteiger partial charge in [-0.3, -0.25) is 0 Å². The van der Waals surface area contributed by atoms with Crippen molar-refractivity contribution in [1.82, 2.24) is 0 Å². The average Bonchev–Trinajstić information content (AvgIpc) is 2.15. The number of benzene rings is 1. The summed E-state index contributed by atoms with van der Waals surface area (Å²) in [4.78, 5) is 0. The Balaban J connectivity index is 3.33. The van der Waals surface area contributed by atoms with Gasteiger partial charge < -0.3 is 10.0 Å². The predicted octanol–water partition coefficient (Wildman–Crippen LogP) is 1.32. The molecule has 1 aromatic rings. The summed E-state index contributed by atoms with van der Waals surface area (Å²) in [5.74, 6) is 0. The first-order valence-electron chi connectivity index (χ1n) is 4.09. The van der Waals surface area contributed by atoms with E-state index in [2.05, 4.69) is 0 Å². The maximum absolute atomic E-state index is 12.4. The van der Waals surface area contributed by atoms with E-state index in [0.29, 0.717) is 12.1 Å². The Morgan fingerprint density at radius 1 is 1.12 bits per heavy atom. The van der Waals surface area contributed by atoms with Crippen LogP contribution in [0.25, 0.3) is 0 Å². The zero-order valence-corrected chi connectivity index (χ0v) is 7.67. The average molecular weight is 240 g/mol. The molecule has 88 valence electrons. The lowest BCUT2D eigenvalue weighted by Gasteiger charge is -2.13. The van der Waals surface area contributed by atoms with Crippen LogP contribution in [-0.4, -0.2) is 17.2 Å². The molecular weight excluding hydrogens is 234 g/mol. The summed E-state index contributed by atoms with van der Waals surface area (Å²) in [6, 6.07) is 1.54. The van der Waals surface area contributed by atoms with Gasteiger partial charge in [-0.05, 0) is 11.5 Å². The second kappa shape index (κ2) is 4.38. The number of hydrogen-bond donors (Lipinski definition) is 2. The van der Waals surface area contributed by atoms with Gasteiger partial charge in [-0.2, -0.15) is 13.2 Å². The number of hydrogen-bond acceptors (Lipinski definition) is 2. The van der Waals surface area contributed by atoms with Crippen LogP contribution in [-0.2, 0) is 6.18 Å². The number of rotatable bonds is 2. The third-order valence-electron chi connectivity index (χ3n) is 1.91. The van der Waals surface area contributed by atoms with Crippen LogP contribution >= 0.6 is 0 Å². The number of alkyl halides is 5. The van der Waals surface area contributed by atoms with Crippen molar-refractivity contribution in [2.24, 2.45) is 0 Å². The molecule has 0 bridgehead atoms. The van der Waals surface area contributed by atoms with E-state index >= 15 is 0 Å². The third-order valence-corrected chi connectivity index (χ3v) is 1.91. The van der Waals surface area contributed by atoms with Crippen molar-refractivity contribution in [3.63, 3.8) is 0 Å². The van der Waals surface area contributed by atoms with Crippen molar-refractivity contribution < 1.29 is 32.0 Å². The lowest BCUT2D eigenvalue weighted by atomic mass is 9.76. The highest BCUT2D eigenvalue weighted by Gasteiger charge is 2.36. The zero-order valence-electron chi connectivity index (χ0n) is 7.67. The third kappa shape index (κ3) is 2.70. The van der Waals surface area contributed by atoms with Crippen molar-refractivity contribution in [3.8, 4) is 0 Å². The molecule has 0 atom stereocenters. The smallest absolute Gasteiger partial charge is 0.423 e. The van der Waals surface area contributed by atoms with E-state index < -0.39 is 36.3 Å². The van der Waals surface area contributed by atoms with Gasteiger partial charge in [0, 0.05) is 5.56 Å². The van der Waals surface area contributed by atoms with E-state index in [1.54, 1.807) is 0 Å². The lowest BCUT2D eigenvalue weighted by Crippen LogP contribution is -2.36. The molecule has 0 spiro atoms. The first kappa shape index (κ1) is 12.9. The van der Waals surface area contributed by atoms with Crippen LogP contribution in [0.15, 0.2) is 18.2 Å². The minimum Gasteiger partial charge on any atom is -0.423 e. The van der Waals surface area contributed by atoms with Crippen molar-refractivity contribution in [2.45, 2.75) is 12.6 Å². The van der Waals surface area contributed by atoms with Gasteiger partial charge in [-0.25, -0.2) is 8.78 Å². The van der Waals surface area contributed by atoms with Crippen LogP contribution in [0.4, 0.5) is 22.0 Å². The Bertz CT molecular complexity index is 377. The van der Waals surface area contributed by atoms with Crippen LogP contribution in [0.2, 0.25) is 0 Å². The summed E-state index contributed by atoms with van der Waals surface area (Å²) in [5, 5.41) is 17.3. The largest absolute Gasteiger partial charge is 0.489 e. The van der Waals surface area contributed by atoms with E-state index in [1.807, 2.05) is 0 Å². The van der Waals surface area contributed by atoms with Gasteiger partial charge in [-0.1, -0.05) is 12.1 Å². The molecule has 0 saturated heterocycles. The van der Waals surface area contributed by atoms with Crippen LogP contribution in [0.1, 0.15) is 17.6 Å². The highest BCUT2D eigenvalue weighted by Crippen LogP contribution is 2.30. The Morgan fingerprint density at radius 2 is 1.69 bits per heavy atom. The van der Waals surface area contributed by atoms with E-state index in [9.17, 15) is 22.0 Å². The monoisotopic (exact) mass is 240 g/mol. The first-order valence-corrected chi connectivity index (χ1v) is 4.09. The van der Waals surface area contributed by atoms with Gasteiger partial charge in [0.1, 0.15) is 0 Å². The van der Waals surface area contributed by atoms with Crippen molar-refractivity contribution >= 4 is 12.6 Å². The maximum atomic E-state index is 12.4. The van der Waals surface area contributed by atoms with Gasteiger partial charge in [0.15, 0.2) is 0 Å². The molecule has 0 aliphatic heterocycles. The summed E-state index contributed by atoms with van der Waals surface area (Å²) in [5.41, 5.74) is -3.14. The summed E-state index contributed by atoms with van der Waals surface area (Å²) in [6.45, 7) is 0. The molecule has 0 radical (unpaired) electrons. The van der Waals surface area contributed by atoms with Gasteiger partial charge in [-0.15, -0.1) is 0 Å². The van der Waals surface area contributed by atoms with Gasteiger partial charge in [0.2, 0.25) is 0 Å². The molecule has 16 heavy (non-hydrogen) atoms. The van der Waals surface area contributed by atoms with Gasteiger partial charge in [0.05, 0.1) is 5.56 Å². The standard InChI is InChI=1S/C8H6BF5O2/c10-7(11)4-1-2-6(9(15)16)5(3-4)8(12,13)14/h1-3,7,15-16H. The van der Waals surface area contributed by atoms with Crippen LogP contribution in [0.3, 0.4) is 0 Å². The first-order chi connectivity index (χ1) is 7.23. The van der Waals surface area contributed by atoms with Gasteiger partial charge in [0.25, 0.3) is 6.43 Å². The SMILES string of the molecule is OB(O)c1ccc(C(F)F)cc1C(F)(F)F. The Labute approximate surface area is 87.5 Å². The fourth-order valence-corrected chi connectivity index (χ4v) is 1.18. The van der Waals surface area contributed by atoms with Crippen LogP contribution < -0.4 is 5.46 Å². The number of halogens is 5. The van der Waals surface area contributed by atoms with Crippen molar-refractivity contribution in [3.05, 3.63) is 29.3 Å². The predicted molar refractivity (Wildman–Crippen MR) is 46.2 cm³/mol. The highest BCUT2D eigenvalue weighted by atomic mass is 19.4. The maximum Gasteiger partial charge on any atom is 0.489 e. The summed E-state index contributed by atoms with van der Waals surface area (Å²) >= 11 is 0. The second-order valence-electron chi connectivity index (χ2n) is 3.02. The van der Waals surface area contributed by atoms with Crippen LogP contribution in [0.5, 0.6) is 0 Å². The van der Waals surface area contributed by atoms with E-state index in [1.165, 1.54) is 0 Å². The Kier molecular flexibility index (Phi) is 3.54. The molecule has 0 amide bonds. The van der Waals surface area contributed by atoms with Crippen LogP contribution in [0, 0.1) is 0 Å². The van der Waals surface area contributed by atoms with Crippen molar-refractivity contribution in [1.29, 1.82) is 0 Å². The summed E-state index contributed by atoms with van der Waals surface area (Å²) < 4.78 is 61.5. The minimum atomic E-state index is -4.91. The fraction of sp³-hybridized carbons (Fsp3) is 0.250. The second-order valence-corrected chi connectivity index (χ2v) is 3.02. The van der Waals surface area contributed by atoms with E-state index in [0.717, 1.165) is 0 Å². The molecule has 0 aliphatic rings. The molecule has 8 heteroatoms. The fourth-order valence-electron chi connectivity index (χ4n) is 1.18.